The highest BCUT2D eigenvalue weighted by Crippen LogP contribution is 2.59. The molecule has 2 aromatic carbocycles. The molecule has 2 aromatic rings. The Morgan fingerprint density at radius 2 is 1.12 bits per heavy atom. The standard InChI is InChI=1S/C18H17Cl2NO4.C18H16Cl2O5/c1-2-4-18-5-3-9(22)6-11(18)14-10(17(18)24)7-12(15(19)16(14)20)25-8-13(21)23;1-2-4-18-5-3-9(21)6-11(18)14-10(17(18)24)7-12(15(19)16(14)20)25-8-13(22)23/h6-7H,2-5,8H2,1H3,(H2,21,23);6-7H,2-5,8H2,1H3,(H,22,23). The lowest BCUT2D eigenvalue weighted by atomic mass is 9.69. The normalized spacial score (nSPS) is 21.6. The minimum absolute atomic E-state index is 0.0244. The number of carbonyl (C=O) groups excluding carboxylic acids is 5. The lowest BCUT2D eigenvalue weighted by Crippen LogP contribution is -2.31. The van der Waals surface area contributed by atoms with Gasteiger partial charge in [-0.25, -0.2) is 4.79 Å². The second kappa shape index (κ2) is 14.5. The van der Waals surface area contributed by atoms with Gasteiger partial charge in [-0.3, -0.25) is 24.0 Å². The van der Waals surface area contributed by atoms with Crippen LogP contribution in [-0.4, -0.2) is 53.3 Å². The third kappa shape index (κ3) is 6.36. The molecule has 0 spiro atoms. The van der Waals surface area contributed by atoms with Gasteiger partial charge in [0.15, 0.2) is 36.3 Å². The van der Waals surface area contributed by atoms with Crippen LogP contribution < -0.4 is 15.2 Å². The molecule has 50 heavy (non-hydrogen) atoms. The lowest BCUT2D eigenvalue weighted by molar-refractivity contribution is -0.139. The number of primary amides is 1. The van der Waals surface area contributed by atoms with Crippen LogP contribution in [-0.2, 0) is 19.2 Å². The molecule has 0 heterocycles. The van der Waals surface area contributed by atoms with E-state index in [1.165, 1.54) is 24.3 Å². The fraction of sp³-hybridized carbons (Fsp3) is 0.389. The third-order valence-electron chi connectivity index (χ3n) is 9.56. The van der Waals surface area contributed by atoms with Crippen molar-refractivity contribution in [2.24, 2.45) is 16.6 Å². The second-order valence-corrected chi connectivity index (χ2v) is 14.2. The molecule has 0 radical (unpaired) electrons. The molecule has 4 aliphatic rings. The van der Waals surface area contributed by atoms with E-state index in [2.05, 4.69) is 0 Å². The zero-order valence-electron chi connectivity index (χ0n) is 27.2. The molecule has 1 amide bonds. The molecule has 0 bridgehead atoms. The zero-order chi connectivity index (χ0) is 36.7. The summed E-state index contributed by atoms with van der Waals surface area (Å²) in [4.78, 5) is 72.0. The van der Waals surface area contributed by atoms with Crippen LogP contribution in [0.3, 0.4) is 0 Å². The van der Waals surface area contributed by atoms with Crippen molar-refractivity contribution in [3.8, 4) is 11.5 Å². The molecular formula is C36H33Cl4NO9. The Labute approximate surface area is 307 Å². The zero-order valence-corrected chi connectivity index (χ0v) is 30.2. The van der Waals surface area contributed by atoms with Crippen molar-refractivity contribution in [3.63, 3.8) is 0 Å². The fourth-order valence-electron chi connectivity index (χ4n) is 7.48. The molecule has 6 rings (SSSR count). The first-order chi connectivity index (χ1) is 23.6. The van der Waals surface area contributed by atoms with Gasteiger partial charge in [0, 0.05) is 35.1 Å². The average Bonchev–Trinajstić information content (AvgIpc) is 3.44. The second-order valence-electron chi connectivity index (χ2n) is 12.7. The Kier molecular flexibility index (Phi) is 10.9. The molecule has 0 fully saturated rings. The monoisotopic (exact) mass is 763 g/mol. The number of hydrogen-bond donors (Lipinski definition) is 2. The average molecular weight is 765 g/mol. The minimum Gasteiger partial charge on any atom is -0.482 e. The van der Waals surface area contributed by atoms with E-state index >= 15 is 0 Å². The molecule has 4 aliphatic carbocycles. The number of benzene rings is 2. The van der Waals surface area contributed by atoms with Crippen molar-refractivity contribution in [2.45, 2.75) is 65.2 Å². The number of carbonyl (C=O) groups is 6. The Morgan fingerprint density at radius 1 is 0.720 bits per heavy atom. The molecule has 3 N–H and O–H groups in total. The molecule has 0 aliphatic heterocycles. The van der Waals surface area contributed by atoms with Gasteiger partial charge < -0.3 is 20.3 Å². The largest absolute Gasteiger partial charge is 0.482 e. The van der Waals surface area contributed by atoms with Gasteiger partial charge in [0.2, 0.25) is 0 Å². The summed E-state index contributed by atoms with van der Waals surface area (Å²) in [7, 11) is 0. The van der Waals surface area contributed by atoms with E-state index in [1.807, 2.05) is 13.8 Å². The summed E-state index contributed by atoms with van der Waals surface area (Å²) in [6, 6.07) is 2.94. The number of ketones is 4. The highest BCUT2D eigenvalue weighted by Gasteiger charge is 2.53. The summed E-state index contributed by atoms with van der Waals surface area (Å²) in [5.74, 6) is -1.89. The number of fused-ring (bicyclic) bond motifs is 6. The summed E-state index contributed by atoms with van der Waals surface area (Å²) >= 11 is 25.3. The highest BCUT2D eigenvalue weighted by molar-refractivity contribution is 6.46. The van der Waals surface area contributed by atoms with E-state index in [9.17, 15) is 28.8 Å². The molecular weight excluding hydrogens is 732 g/mol. The van der Waals surface area contributed by atoms with Crippen molar-refractivity contribution >= 4 is 92.6 Å². The lowest BCUT2D eigenvalue weighted by Gasteiger charge is -2.31. The fourth-order valence-corrected chi connectivity index (χ4v) is 8.48. The van der Waals surface area contributed by atoms with Gasteiger partial charge in [-0.15, -0.1) is 0 Å². The smallest absolute Gasteiger partial charge is 0.341 e. The molecule has 0 saturated carbocycles. The number of allylic oxidation sites excluding steroid dienone is 4. The summed E-state index contributed by atoms with van der Waals surface area (Å²) in [5.41, 5.74) is 6.56. The Bertz CT molecular complexity index is 1800. The minimum atomic E-state index is -1.16. The van der Waals surface area contributed by atoms with E-state index in [0.717, 1.165) is 12.8 Å². The van der Waals surface area contributed by atoms with Gasteiger partial charge >= 0.3 is 5.97 Å². The Hall–Kier alpha value is -3.70. The van der Waals surface area contributed by atoms with Gasteiger partial charge in [0.05, 0.1) is 20.9 Å². The van der Waals surface area contributed by atoms with E-state index in [1.54, 1.807) is 0 Å². The van der Waals surface area contributed by atoms with Gasteiger partial charge in [0.1, 0.15) is 21.5 Å². The van der Waals surface area contributed by atoms with Crippen molar-refractivity contribution in [1.82, 2.24) is 0 Å². The maximum Gasteiger partial charge on any atom is 0.341 e. The maximum atomic E-state index is 13.2. The predicted octanol–water partition coefficient (Wildman–Crippen LogP) is 7.77. The molecule has 14 heteroatoms. The van der Waals surface area contributed by atoms with Gasteiger partial charge in [0.25, 0.3) is 5.91 Å². The van der Waals surface area contributed by atoms with Crippen molar-refractivity contribution in [2.75, 3.05) is 13.2 Å². The first-order valence-corrected chi connectivity index (χ1v) is 17.5. The first kappa shape index (κ1) is 37.6. The highest BCUT2D eigenvalue weighted by atomic mass is 35.5. The van der Waals surface area contributed by atoms with Crippen molar-refractivity contribution < 1.29 is 43.3 Å². The summed E-state index contributed by atoms with van der Waals surface area (Å²) in [5, 5.41) is 9.19. The molecule has 10 nitrogen and oxygen atoms in total. The maximum absolute atomic E-state index is 13.2. The van der Waals surface area contributed by atoms with Crippen LogP contribution in [0, 0.1) is 10.8 Å². The van der Waals surface area contributed by atoms with Gasteiger partial charge in [-0.05, 0) is 61.1 Å². The molecule has 2 unspecified atom stereocenters. The van der Waals surface area contributed by atoms with Crippen LogP contribution in [0.15, 0.2) is 24.3 Å². The van der Waals surface area contributed by atoms with E-state index in [-0.39, 0.29) is 61.3 Å². The Balaban J connectivity index is 0.000000194. The van der Waals surface area contributed by atoms with Crippen LogP contribution in [0.2, 0.25) is 20.1 Å². The number of halogens is 4. The van der Waals surface area contributed by atoms with Gasteiger partial charge in [-0.2, -0.15) is 0 Å². The van der Waals surface area contributed by atoms with Crippen LogP contribution in [0.1, 0.15) is 97.1 Å². The van der Waals surface area contributed by atoms with Crippen LogP contribution in [0.5, 0.6) is 11.5 Å². The number of ether oxygens (including phenoxy) is 2. The van der Waals surface area contributed by atoms with Crippen LogP contribution in [0.4, 0.5) is 0 Å². The number of hydrogen-bond acceptors (Lipinski definition) is 8. The van der Waals surface area contributed by atoms with Crippen molar-refractivity contribution in [3.05, 3.63) is 66.6 Å². The topological polar surface area (TPSA) is 167 Å². The predicted molar refractivity (Wildman–Crippen MR) is 189 cm³/mol. The number of rotatable bonds is 10. The van der Waals surface area contributed by atoms with E-state index in [4.69, 9.17) is 66.7 Å². The van der Waals surface area contributed by atoms with E-state index in [0.29, 0.717) is 71.9 Å². The molecule has 2 atom stereocenters. The number of nitrogens with two attached hydrogens (primary N) is 1. The molecule has 264 valence electrons. The van der Waals surface area contributed by atoms with Gasteiger partial charge in [-0.1, -0.05) is 73.1 Å². The number of carboxylic acid groups (broad SMARTS) is 1. The van der Waals surface area contributed by atoms with E-state index < -0.39 is 29.3 Å². The first-order valence-electron chi connectivity index (χ1n) is 16.0. The summed E-state index contributed by atoms with van der Waals surface area (Å²) < 4.78 is 10.5. The quantitative estimate of drug-likeness (QED) is 0.246. The van der Waals surface area contributed by atoms with Crippen LogP contribution in [0.25, 0.3) is 11.1 Å². The summed E-state index contributed by atoms with van der Waals surface area (Å²) in [6.07, 6.45) is 7.39. The SMILES string of the molecule is CCCC12CCC(=O)C=C1c1c(cc(OCC(=O)O)c(Cl)c1Cl)C2=O.CCCC12CCC(=O)C=C1c1c(cc(OCC(N)=O)c(Cl)c1Cl)C2=O. The number of aliphatic carboxylic acids is 1. The number of Topliss-reactive ketones (excluding diaryl/α,β-unsaturated/α-hetero) is 2. The third-order valence-corrected chi connectivity index (χ3v) is 11.3. The van der Waals surface area contributed by atoms with Crippen molar-refractivity contribution in [1.29, 1.82) is 0 Å². The number of amides is 1. The molecule has 0 saturated heterocycles. The van der Waals surface area contributed by atoms with Crippen LogP contribution >= 0.6 is 46.4 Å². The summed E-state index contributed by atoms with van der Waals surface area (Å²) in [6.45, 7) is 3.01. The number of carboxylic acids is 1. The molecule has 0 aromatic heterocycles. The Morgan fingerprint density at radius 3 is 1.48 bits per heavy atom.